The fraction of sp³-hybridized carbons (Fsp3) is 0.667. The molecule has 0 saturated heterocycles. The number of ether oxygens (including phenoxy) is 1. The maximum atomic E-state index is 14.4. The van der Waals surface area contributed by atoms with E-state index in [1.54, 1.807) is 18.4 Å². The second-order valence-electron chi connectivity index (χ2n) is 4.06. The molecule has 4 heteroatoms. The number of alkyl halides is 1. The van der Waals surface area contributed by atoms with Crippen LogP contribution in [0, 0.1) is 0 Å². The molecule has 0 saturated carbocycles. The number of thiophene rings is 1. The number of nitrogens with two attached hydrogens (primary N) is 1. The molecular weight excluding hydrogens is 225 g/mol. The third kappa shape index (κ3) is 4.60. The molecule has 2 N–H and O–H groups in total. The van der Waals surface area contributed by atoms with E-state index in [9.17, 15) is 4.39 Å². The van der Waals surface area contributed by atoms with E-state index in [1.165, 1.54) is 4.88 Å². The summed E-state index contributed by atoms with van der Waals surface area (Å²) < 4.78 is 19.4. The van der Waals surface area contributed by atoms with Gasteiger partial charge in [0, 0.05) is 12.0 Å². The Balaban J connectivity index is 2.43. The lowest BCUT2D eigenvalue weighted by Gasteiger charge is -2.24. The predicted octanol–water partition coefficient (Wildman–Crippen LogP) is 2.77. The van der Waals surface area contributed by atoms with Gasteiger partial charge in [0.05, 0.1) is 6.61 Å². The van der Waals surface area contributed by atoms with E-state index in [1.807, 2.05) is 17.5 Å². The highest BCUT2D eigenvalue weighted by atomic mass is 32.1. The minimum absolute atomic E-state index is 0.165. The minimum atomic E-state index is -1.22. The molecule has 0 aliphatic heterocycles. The molecule has 1 unspecified atom stereocenters. The van der Waals surface area contributed by atoms with Gasteiger partial charge in [-0.25, -0.2) is 4.39 Å². The van der Waals surface area contributed by atoms with Crippen LogP contribution in [0.15, 0.2) is 17.5 Å². The fourth-order valence-corrected chi connectivity index (χ4v) is 2.46. The van der Waals surface area contributed by atoms with Crippen LogP contribution in [0.2, 0.25) is 0 Å². The van der Waals surface area contributed by atoms with Crippen LogP contribution >= 0.6 is 11.3 Å². The number of rotatable bonds is 8. The topological polar surface area (TPSA) is 35.2 Å². The zero-order chi connectivity index (χ0) is 11.9. The molecule has 0 fully saturated rings. The average molecular weight is 245 g/mol. The Morgan fingerprint density at radius 2 is 2.31 bits per heavy atom. The standard InChI is InChI=1S/C12H20FNOS/c1-15-10-12(13,6-3-8-14)7-5-11-4-2-9-16-11/h2,4,9H,3,5-8,10,14H2,1H3. The normalized spacial score (nSPS) is 14.9. The molecule has 0 spiro atoms. The second-order valence-corrected chi connectivity index (χ2v) is 5.09. The average Bonchev–Trinajstić information content (AvgIpc) is 2.77. The van der Waals surface area contributed by atoms with Gasteiger partial charge in [0.2, 0.25) is 0 Å². The SMILES string of the molecule is COCC(F)(CCCN)CCc1cccs1. The molecular formula is C12H20FNOS. The van der Waals surface area contributed by atoms with Gasteiger partial charge in [0.15, 0.2) is 0 Å². The fourth-order valence-electron chi connectivity index (χ4n) is 1.75. The molecule has 0 aliphatic carbocycles. The summed E-state index contributed by atoms with van der Waals surface area (Å²) in [4.78, 5) is 1.23. The Morgan fingerprint density at radius 1 is 1.50 bits per heavy atom. The summed E-state index contributed by atoms with van der Waals surface area (Å²) in [6.45, 7) is 0.701. The van der Waals surface area contributed by atoms with Crippen LogP contribution in [0.25, 0.3) is 0 Å². The molecule has 0 amide bonds. The molecule has 1 aromatic rings. The van der Waals surface area contributed by atoms with Gasteiger partial charge in [0.25, 0.3) is 0 Å². The third-order valence-corrected chi connectivity index (χ3v) is 3.57. The van der Waals surface area contributed by atoms with Crippen molar-refractivity contribution in [2.24, 2.45) is 5.73 Å². The number of methoxy groups -OCH3 is 1. The minimum Gasteiger partial charge on any atom is -0.381 e. The van der Waals surface area contributed by atoms with Gasteiger partial charge in [-0.15, -0.1) is 11.3 Å². The lowest BCUT2D eigenvalue weighted by molar-refractivity contribution is 0.0271. The largest absolute Gasteiger partial charge is 0.381 e. The van der Waals surface area contributed by atoms with Gasteiger partial charge in [0.1, 0.15) is 5.67 Å². The van der Waals surface area contributed by atoms with E-state index in [0.717, 1.165) is 6.42 Å². The first kappa shape index (κ1) is 13.6. The summed E-state index contributed by atoms with van der Waals surface area (Å²) in [6, 6.07) is 4.04. The first-order valence-electron chi connectivity index (χ1n) is 5.60. The predicted molar refractivity (Wildman–Crippen MR) is 66.6 cm³/mol. The van der Waals surface area contributed by atoms with Crippen molar-refractivity contribution in [3.05, 3.63) is 22.4 Å². The number of aryl methyl sites for hydroxylation is 1. The van der Waals surface area contributed by atoms with Gasteiger partial charge >= 0.3 is 0 Å². The van der Waals surface area contributed by atoms with Gasteiger partial charge in [-0.3, -0.25) is 0 Å². The second kappa shape index (κ2) is 6.99. The summed E-state index contributed by atoms with van der Waals surface area (Å²) in [6.07, 6.45) is 2.50. The maximum Gasteiger partial charge on any atom is 0.134 e. The van der Waals surface area contributed by atoms with Gasteiger partial charge in [-0.05, 0) is 43.7 Å². The first-order valence-corrected chi connectivity index (χ1v) is 6.48. The Labute approximate surface area is 101 Å². The van der Waals surface area contributed by atoms with E-state index in [2.05, 4.69) is 0 Å². The number of halogens is 1. The Bertz CT molecular complexity index is 279. The zero-order valence-electron chi connectivity index (χ0n) is 9.75. The number of hydrogen-bond acceptors (Lipinski definition) is 3. The van der Waals surface area contributed by atoms with Crippen molar-refractivity contribution in [3.8, 4) is 0 Å². The molecule has 0 aromatic carbocycles. The van der Waals surface area contributed by atoms with E-state index in [-0.39, 0.29) is 6.61 Å². The van der Waals surface area contributed by atoms with Gasteiger partial charge < -0.3 is 10.5 Å². The van der Waals surface area contributed by atoms with Crippen LogP contribution in [0.4, 0.5) is 4.39 Å². The highest BCUT2D eigenvalue weighted by Gasteiger charge is 2.28. The lowest BCUT2D eigenvalue weighted by Crippen LogP contribution is -2.30. The van der Waals surface area contributed by atoms with Crippen molar-refractivity contribution in [3.63, 3.8) is 0 Å². The maximum absolute atomic E-state index is 14.4. The third-order valence-electron chi connectivity index (χ3n) is 2.63. The van der Waals surface area contributed by atoms with E-state index < -0.39 is 5.67 Å². The molecule has 1 heterocycles. The highest BCUT2D eigenvalue weighted by molar-refractivity contribution is 7.09. The quantitative estimate of drug-likeness (QED) is 0.764. The zero-order valence-corrected chi connectivity index (χ0v) is 10.6. The van der Waals surface area contributed by atoms with Crippen LogP contribution in [0.3, 0.4) is 0 Å². The monoisotopic (exact) mass is 245 g/mol. The van der Waals surface area contributed by atoms with Crippen molar-refractivity contribution in [2.75, 3.05) is 20.3 Å². The van der Waals surface area contributed by atoms with Crippen LogP contribution in [0.1, 0.15) is 24.1 Å². The van der Waals surface area contributed by atoms with E-state index >= 15 is 0 Å². The van der Waals surface area contributed by atoms with E-state index in [4.69, 9.17) is 10.5 Å². The smallest absolute Gasteiger partial charge is 0.134 e. The van der Waals surface area contributed by atoms with Crippen LogP contribution in [0.5, 0.6) is 0 Å². The molecule has 0 radical (unpaired) electrons. The molecule has 92 valence electrons. The molecule has 1 aromatic heterocycles. The molecule has 0 bridgehead atoms. The van der Waals surface area contributed by atoms with Crippen molar-refractivity contribution < 1.29 is 9.13 Å². The number of hydrogen-bond donors (Lipinski definition) is 1. The molecule has 1 rings (SSSR count). The first-order chi connectivity index (χ1) is 7.70. The highest BCUT2D eigenvalue weighted by Crippen LogP contribution is 2.26. The van der Waals surface area contributed by atoms with Crippen molar-refractivity contribution in [2.45, 2.75) is 31.4 Å². The van der Waals surface area contributed by atoms with Crippen LogP contribution in [-0.4, -0.2) is 25.9 Å². The summed E-state index contributed by atoms with van der Waals surface area (Å²) in [5.74, 6) is 0. The summed E-state index contributed by atoms with van der Waals surface area (Å²) >= 11 is 1.67. The van der Waals surface area contributed by atoms with Crippen molar-refractivity contribution >= 4 is 11.3 Å². The summed E-state index contributed by atoms with van der Waals surface area (Å²) in [5.41, 5.74) is 4.19. The molecule has 0 aliphatic rings. The Hall–Kier alpha value is -0.450. The summed E-state index contributed by atoms with van der Waals surface area (Å²) in [7, 11) is 1.54. The Kier molecular flexibility index (Phi) is 5.95. The van der Waals surface area contributed by atoms with E-state index in [0.29, 0.717) is 25.8 Å². The summed E-state index contributed by atoms with van der Waals surface area (Å²) in [5, 5.41) is 2.02. The van der Waals surface area contributed by atoms with Crippen molar-refractivity contribution in [1.82, 2.24) is 0 Å². The van der Waals surface area contributed by atoms with Gasteiger partial charge in [-0.1, -0.05) is 6.07 Å². The molecule has 1 atom stereocenters. The Morgan fingerprint density at radius 3 is 2.88 bits per heavy atom. The molecule has 16 heavy (non-hydrogen) atoms. The van der Waals surface area contributed by atoms with Crippen LogP contribution < -0.4 is 5.73 Å². The molecule has 2 nitrogen and oxygen atoms in total. The van der Waals surface area contributed by atoms with Crippen molar-refractivity contribution in [1.29, 1.82) is 0 Å². The van der Waals surface area contributed by atoms with Gasteiger partial charge in [-0.2, -0.15) is 0 Å². The lowest BCUT2D eigenvalue weighted by atomic mass is 9.94. The van der Waals surface area contributed by atoms with Crippen LogP contribution in [-0.2, 0) is 11.2 Å².